The number of para-hydroxylation sites is 1. The Morgan fingerprint density at radius 3 is 2.56 bits per heavy atom. The van der Waals surface area contributed by atoms with Crippen LogP contribution < -0.4 is 19.6 Å². The summed E-state index contributed by atoms with van der Waals surface area (Å²) < 4.78 is 22.6. The topological polar surface area (TPSA) is 98.4 Å². The van der Waals surface area contributed by atoms with E-state index < -0.39 is 17.8 Å². The maximum absolute atomic E-state index is 13.2. The average Bonchev–Trinajstić information content (AvgIpc) is 2.64. The summed E-state index contributed by atoms with van der Waals surface area (Å²) in [5, 5.41) is 21.6. The van der Waals surface area contributed by atoms with E-state index in [0.717, 1.165) is 0 Å². The molecule has 0 fully saturated rings. The summed E-state index contributed by atoms with van der Waals surface area (Å²) in [4.78, 5) is 13.2. The number of fused-ring (bicyclic) bond motifs is 3. The maximum atomic E-state index is 13.2. The van der Waals surface area contributed by atoms with Crippen molar-refractivity contribution >= 4 is 21.9 Å². The summed E-state index contributed by atoms with van der Waals surface area (Å²) in [6, 6.07) is 6.57. The van der Waals surface area contributed by atoms with E-state index in [4.69, 9.17) is 18.6 Å². The molecule has 0 unspecified atom stereocenters. The number of benzene rings is 2. The molecule has 2 N–H and O–H groups in total. The lowest BCUT2D eigenvalue weighted by molar-refractivity contribution is -0.112. The first-order valence-electron chi connectivity index (χ1n) is 8.49. The number of rotatable bonds is 2. The van der Waals surface area contributed by atoms with E-state index in [1.807, 2.05) is 0 Å². The molecular formula is C20H20O7. The molecule has 2 aromatic carbocycles. The van der Waals surface area contributed by atoms with E-state index in [2.05, 4.69) is 0 Å². The smallest absolute Gasteiger partial charge is 0.204 e. The highest BCUT2D eigenvalue weighted by atomic mass is 16.5. The van der Waals surface area contributed by atoms with Gasteiger partial charge in [-0.05, 0) is 26.0 Å². The number of methoxy groups -OCH3 is 2. The third-order valence-corrected chi connectivity index (χ3v) is 5.01. The van der Waals surface area contributed by atoms with Crippen LogP contribution in [0.15, 0.2) is 33.5 Å². The lowest BCUT2D eigenvalue weighted by Crippen LogP contribution is -2.48. The lowest BCUT2D eigenvalue weighted by atomic mass is 9.87. The van der Waals surface area contributed by atoms with Gasteiger partial charge in [0.05, 0.1) is 25.2 Å². The van der Waals surface area contributed by atoms with Gasteiger partial charge in [0.1, 0.15) is 40.3 Å². The molecule has 2 heterocycles. The molecule has 0 radical (unpaired) electrons. The molecule has 1 aromatic heterocycles. The van der Waals surface area contributed by atoms with Gasteiger partial charge in [-0.2, -0.15) is 0 Å². The number of aliphatic hydroxyl groups excluding tert-OH is 2. The minimum atomic E-state index is -1.27. The van der Waals surface area contributed by atoms with Crippen LogP contribution in [0.4, 0.5) is 0 Å². The highest BCUT2D eigenvalue weighted by Gasteiger charge is 2.44. The molecular weight excluding hydrogens is 352 g/mol. The Morgan fingerprint density at radius 2 is 1.89 bits per heavy atom. The van der Waals surface area contributed by atoms with Crippen molar-refractivity contribution in [2.75, 3.05) is 14.2 Å². The maximum Gasteiger partial charge on any atom is 0.204 e. The SMILES string of the molecule is COc1cccc2c(=O)c3c(OC)c4c(cc3oc12)OC(C)(C)[C@@H](O)[C@H]4O. The molecule has 0 saturated carbocycles. The van der Waals surface area contributed by atoms with E-state index in [9.17, 15) is 15.0 Å². The first kappa shape index (κ1) is 17.6. The number of hydrogen-bond donors (Lipinski definition) is 2. The van der Waals surface area contributed by atoms with E-state index in [1.54, 1.807) is 32.0 Å². The Hall–Kier alpha value is -2.77. The van der Waals surface area contributed by atoms with Crippen LogP contribution >= 0.6 is 0 Å². The highest BCUT2D eigenvalue weighted by Crippen LogP contribution is 2.47. The minimum Gasteiger partial charge on any atom is -0.495 e. The molecule has 7 heteroatoms. The molecule has 0 spiro atoms. The van der Waals surface area contributed by atoms with Gasteiger partial charge in [0.15, 0.2) is 11.3 Å². The Bertz CT molecular complexity index is 1110. The summed E-state index contributed by atoms with van der Waals surface area (Å²) in [5.74, 6) is 0.850. The standard InChI is InChI=1S/C20H20O7/c1-20(2)19(23)16(22)14-12(27-20)8-11-13(18(14)25-4)15(21)9-6-5-7-10(24-3)17(9)26-11/h5-8,16,19,22-23H,1-4H3/t16-,19-/m0/s1. The molecule has 1 aliphatic heterocycles. The number of aliphatic hydroxyl groups is 2. The second-order valence-corrected chi connectivity index (χ2v) is 7.06. The van der Waals surface area contributed by atoms with Gasteiger partial charge in [0.25, 0.3) is 0 Å². The van der Waals surface area contributed by atoms with E-state index in [1.165, 1.54) is 20.3 Å². The van der Waals surface area contributed by atoms with Crippen LogP contribution in [0, 0.1) is 0 Å². The van der Waals surface area contributed by atoms with E-state index in [-0.39, 0.29) is 27.7 Å². The molecule has 3 aromatic rings. The molecule has 4 rings (SSSR count). The molecule has 142 valence electrons. The second-order valence-electron chi connectivity index (χ2n) is 7.06. The third kappa shape index (κ3) is 2.39. The predicted octanol–water partition coefficient (Wildman–Crippen LogP) is 2.53. The average molecular weight is 372 g/mol. The fraction of sp³-hybridized carbons (Fsp3) is 0.350. The summed E-state index contributed by atoms with van der Waals surface area (Å²) in [6.45, 7) is 3.33. The van der Waals surface area contributed by atoms with Crippen molar-refractivity contribution in [3.8, 4) is 17.2 Å². The minimum absolute atomic E-state index is 0.128. The fourth-order valence-electron chi connectivity index (χ4n) is 3.59. The molecule has 1 aliphatic rings. The van der Waals surface area contributed by atoms with Crippen LogP contribution in [-0.4, -0.2) is 36.1 Å². The van der Waals surface area contributed by atoms with Crippen molar-refractivity contribution in [2.24, 2.45) is 0 Å². The molecule has 0 saturated heterocycles. The highest BCUT2D eigenvalue weighted by molar-refractivity contribution is 5.97. The zero-order valence-corrected chi connectivity index (χ0v) is 15.4. The van der Waals surface area contributed by atoms with Crippen LogP contribution in [0.25, 0.3) is 21.9 Å². The van der Waals surface area contributed by atoms with E-state index >= 15 is 0 Å². The van der Waals surface area contributed by atoms with Crippen molar-refractivity contribution in [2.45, 2.75) is 31.7 Å². The summed E-state index contributed by atoms with van der Waals surface area (Å²) in [7, 11) is 2.89. The second kappa shape index (κ2) is 5.87. The van der Waals surface area contributed by atoms with Gasteiger partial charge in [-0.25, -0.2) is 0 Å². The first-order chi connectivity index (χ1) is 12.8. The van der Waals surface area contributed by atoms with Gasteiger partial charge in [-0.1, -0.05) is 6.07 Å². The van der Waals surface area contributed by atoms with Gasteiger partial charge in [0, 0.05) is 6.07 Å². The Labute approximate surface area is 154 Å². The number of ether oxygens (including phenoxy) is 3. The molecule has 0 bridgehead atoms. The molecule has 0 aliphatic carbocycles. The normalized spacial score (nSPS) is 21.0. The van der Waals surface area contributed by atoms with Crippen molar-refractivity contribution in [1.29, 1.82) is 0 Å². The van der Waals surface area contributed by atoms with Gasteiger partial charge in [-0.3, -0.25) is 4.79 Å². The number of hydrogen-bond acceptors (Lipinski definition) is 7. The monoisotopic (exact) mass is 372 g/mol. The van der Waals surface area contributed by atoms with E-state index in [0.29, 0.717) is 22.5 Å². The van der Waals surface area contributed by atoms with Gasteiger partial charge in [-0.15, -0.1) is 0 Å². The van der Waals surface area contributed by atoms with Crippen LogP contribution in [0.5, 0.6) is 17.2 Å². The molecule has 0 amide bonds. The quantitative estimate of drug-likeness (QED) is 0.667. The van der Waals surface area contributed by atoms with Crippen LogP contribution in [0.3, 0.4) is 0 Å². The van der Waals surface area contributed by atoms with Crippen LogP contribution in [-0.2, 0) is 0 Å². The van der Waals surface area contributed by atoms with Crippen molar-refractivity contribution in [1.82, 2.24) is 0 Å². The van der Waals surface area contributed by atoms with Gasteiger partial charge >= 0.3 is 0 Å². The van der Waals surface area contributed by atoms with Crippen LogP contribution in [0.1, 0.15) is 25.5 Å². The largest absolute Gasteiger partial charge is 0.495 e. The zero-order chi connectivity index (χ0) is 19.5. The van der Waals surface area contributed by atoms with Gasteiger partial charge < -0.3 is 28.8 Å². The van der Waals surface area contributed by atoms with Crippen molar-refractivity contribution in [3.05, 3.63) is 40.1 Å². The first-order valence-corrected chi connectivity index (χ1v) is 8.49. The Balaban J connectivity index is 2.16. The molecule has 7 nitrogen and oxygen atoms in total. The lowest BCUT2D eigenvalue weighted by Gasteiger charge is -2.40. The predicted molar refractivity (Wildman–Crippen MR) is 98.8 cm³/mol. The van der Waals surface area contributed by atoms with Crippen molar-refractivity contribution < 1.29 is 28.8 Å². The summed E-state index contributed by atoms with van der Waals surface area (Å²) in [6.07, 6.45) is -2.47. The Kier molecular flexibility index (Phi) is 3.83. The summed E-state index contributed by atoms with van der Waals surface area (Å²) in [5.41, 5.74) is -0.565. The third-order valence-electron chi connectivity index (χ3n) is 5.01. The van der Waals surface area contributed by atoms with Gasteiger partial charge in [0.2, 0.25) is 5.43 Å². The van der Waals surface area contributed by atoms with Crippen molar-refractivity contribution in [3.63, 3.8) is 0 Å². The Morgan fingerprint density at radius 1 is 1.15 bits per heavy atom. The molecule has 2 atom stereocenters. The van der Waals surface area contributed by atoms with Crippen LogP contribution in [0.2, 0.25) is 0 Å². The summed E-state index contributed by atoms with van der Waals surface area (Å²) >= 11 is 0. The molecule has 27 heavy (non-hydrogen) atoms. The zero-order valence-electron chi connectivity index (χ0n) is 15.4. The fourth-order valence-corrected chi connectivity index (χ4v) is 3.59.